The standard InChI is InChI=1S/C6H11NO/c1-4-6(5-2)7-8-3/h4H,1,5H2,2-3H3/b7-6+. The second kappa shape index (κ2) is 4.37. The zero-order valence-corrected chi connectivity index (χ0v) is 5.35. The Bertz CT molecular complexity index is 96.7. The first-order valence-corrected chi connectivity index (χ1v) is 2.57. The molecule has 0 aromatic heterocycles. The van der Waals surface area contributed by atoms with Crippen LogP contribution in [-0.2, 0) is 4.84 Å². The highest BCUT2D eigenvalue weighted by molar-refractivity contribution is 5.93. The monoisotopic (exact) mass is 113 g/mol. The summed E-state index contributed by atoms with van der Waals surface area (Å²) in [5.41, 5.74) is 0.882. The highest BCUT2D eigenvalue weighted by atomic mass is 16.6. The molecule has 2 heteroatoms. The summed E-state index contributed by atoms with van der Waals surface area (Å²) in [6.45, 7) is 5.54. The van der Waals surface area contributed by atoms with Crippen molar-refractivity contribution in [2.24, 2.45) is 5.16 Å². The number of nitrogens with zero attached hydrogens (tertiary/aromatic N) is 1. The minimum absolute atomic E-state index is 0.872. The topological polar surface area (TPSA) is 21.6 Å². The van der Waals surface area contributed by atoms with Gasteiger partial charge in [-0.05, 0) is 12.5 Å². The Morgan fingerprint density at radius 1 is 1.88 bits per heavy atom. The number of hydrogen-bond acceptors (Lipinski definition) is 2. The zero-order chi connectivity index (χ0) is 6.41. The molecule has 0 fully saturated rings. The first-order chi connectivity index (χ1) is 3.85. The van der Waals surface area contributed by atoms with E-state index < -0.39 is 0 Å². The maximum absolute atomic E-state index is 4.50. The molecule has 0 atom stereocenters. The third kappa shape index (κ3) is 2.39. The van der Waals surface area contributed by atoms with Crippen molar-refractivity contribution < 1.29 is 4.84 Å². The third-order valence-corrected chi connectivity index (χ3v) is 0.806. The Morgan fingerprint density at radius 2 is 2.50 bits per heavy atom. The Labute approximate surface area is 49.8 Å². The van der Waals surface area contributed by atoms with Crippen LogP contribution >= 0.6 is 0 Å². The fourth-order valence-electron chi connectivity index (χ4n) is 0.363. The maximum Gasteiger partial charge on any atom is 0.106 e. The summed E-state index contributed by atoms with van der Waals surface area (Å²) < 4.78 is 0. The summed E-state index contributed by atoms with van der Waals surface area (Å²) in [5.74, 6) is 0. The molecule has 0 unspecified atom stereocenters. The van der Waals surface area contributed by atoms with E-state index >= 15 is 0 Å². The highest BCUT2D eigenvalue weighted by Gasteiger charge is 1.84. The molecule has 0 rings (SSSR count). The van der Waals surface area contributed by atoms with E-state index in [0.29, 0.717) is 0 Å². The minimum atomic E-state index is 0.872. The molecule has 46 valence electrons. The van der Waals surface area contributed by atoms with Gasteiger partial charge < -0.3 is 4.84 Å². The van der Waals surface area contributed by atoms with Gasteiger partial charge in [0, 0.05) is 0 Å². The maximum atomic E-state index is 4.50. The van der Waals surface area contributed by atoms with Gasteiger partial charge in [0.15, 0.2) is 0 Å². The largest absolute Gasteiger partial charge is 0.399 e. The van der Waals surface area contributed by atoms with Crippen molar-refractivity contribution in [3.63, 3.8) is 0 Å². The molecule has 0 aliphatic rings. The van der Waals surface area contributed by atoms with Crippen molar-refractivity contribution >= 4 is 5.71 Å². The van der Waals surface area contributed by atoms with Gasteiger partial charge in [0.05, 0.1) is 5.71 Å². The van der Waals surface area contributed by atoms with Crippen LogP contribution in [-0.4, -0.2) is 12.8 Å². The summed E-state index contributed by atoms with van der Waals surface area (Å²) in [4.78, 5) is 4.50. The van der Waals surface area contributed by atoms with E-state index in [1.165, 1.54) is 7.11 Å². The predicted molar refractivity (Wildman–Crippen MR) is 34.9 cm³/mol. The molecule has 2 nitrogen and oxygen atoms in total. The van der Waals surface area contributed by atoms with Crippen molar-refractivity contribution in [3.05, 3.63) is 12.7 Å². The van der Waals surface area contributed by atoms with Gasteiger partial charge in [-0.25, -0.2) is 0 Å². The molecule has 0 aromatic carbocycles. The van der Waals surface area contributed by atoms with Gasteiger partial charge in [-0.1, -0.05) is 18.7 Å². The first kappa shape index (κ1) is 7.21. The lowest BCUT2D eigenvalue weighted by atomic mass is 10.3. The molecule has 0 bridgehead atoms. The average Bonchev–Trinajstić information content (AvgIpc) is 1.83. The van der Waals surface area contributed by atoms with E-state index in [9.17, 15) is 0 Å². The van der Waals surface area contributed by atoms with Crippen molar-refractivity contribution in [3.8, 4) is 0 Å². The molecule has 0 N–H and O–H groups in total. The smallest absolute Gasteiger partial charge is 0.106 e. The Hall–Kier alpha value is -0.790. The van der Waals surface area contributed by atoms with Gasteiger partial charge in [0.2, 0.25) is 0 Å². The van der Waals surface area contributed by atoms with Crippen molar-refractivity contribution in [2.45, 2.75) is 13.3 Å². The molecule has 0 spiro atoms. The molecule has 0 heterocycles. The normalized spacial score (nSPS) is 11.0. The lowest BCUT2D eigenvalue weighted by Gasteiger charge is -1.90. The molecule has 8 heavy (non-hydrogen) atoms. The molecule has 0 radical (unpaired) electrons. The van der Waals surface area contributed by atoms with E-state index in [4.69, 9.17) is 0 Å². The number of allylic oxidation sites excluding steroid dienone is 1. The SMILES string of the molecule is C=C/C(CC)=N\OC. The summed E-state index contributed by atoms with van der Waals surface area (Å²) in [6.07, 6.45) is 2.56. The van der Waals surface area contributed by atoms with Crippen LogP contribution in [0.15, 0.2) is 17.8 Å². The number of oxime groups is 1. The van der Waals surface area contributed by atoms with Gasteiger partial charge in [-0.15, -0.1) is 0 Å². The third-order valence-electron chi connectivity index (χ3n) is 0.806. The average molecular weight is 113 g/mol. The number of rotatable bonds is 3. The summed E-state index contributed by atoms with van der Waals surface area (Å²) >= 11 is 0. The Morgan fingerprint density at radius 3 is 2.62 bits per heavy atom. The van der Waals surface area contributed by atoms with E-state index in [1.807, 2.05) is 6.92 Å². The van der Waals surface area contributed by atoms with E-state index in [1.54, 1.807) is 6.08 Å². The Kier molecular flexibility index (Phi) is 3.94. The van der Waals surface area contributed by atoms with E-state index in [-0.39, 0.29) is 0 Å². The quantitative estimate of drug-likeness (QED) is 0.402. The molecule has 0 aliphatic heterocycles. The summed E-state index contributed by atoms with van der Waals surface area (Å²) in [6, 6.07) is 0. The van der Waals surface area contributed by atoms with Crippen LogP contribution in [0.3, 0.4) is 0 Å². The van der Waals surface area contributed by atoms with Crippen molar-refractivity contribution in [2.75, 3.05) is 7.11 Å². The van der Waals surface area contributed by atoms with E-state index in [0.717, 1.165) is 12.1 Å². The fourth-order valence-corrected chi connectivity index (χ4v) is 0.363. The zero-order valence-electron chi connectivity index (χ0n) is 5.35. The summed E-state index contributed by atoms with van der Waals surface area (Å²) in [7, 11) is 1.53. The van der Waals surface area contributed by atoms with Crippen LogP contribution < -0.4 is 0 Å². The van der Waals surface area contributed by atoms with Gasteiger partial charge in [-0.2, -0.15) is 0 Å². The van der Waals surface area contributed by atoms with Gasteiger partial charge in [-0.3, -0.25) is 0 Å². The molecular formula is C6H11NO. The lowest BCUT2D eigenvalue weighted by molar-refractivity contribution is 0.213. The van der Waals surface area contributed by atoms with Gasteiger partial charge in [0.25, 0.3) is 0 Å². The minimum Gasteiger partial charge on any atom is -0.399 e. The van der Waals surface area contributed by atoms with Gasteiger partial charge in [0.1, 0.15) is 7.11 Å². The molecule has 0 amide bonds. The van der Waals surface area contributed by atoms with Crippen LogP contribution in [0.1, 0.15) is 13.3 Å². The van der Waals surface area contributed by atoms with Crippen LogP contribution in [0.25, 0.3) is 0 Å². The molecule has 0 aliphatic carbocycles. The Balaban J connectivity index is 3.66. The van der Waals surface area contributed by atoms with Crippen LogP contribution in [0.4, 0.5) is 0 Å². The fraction of sp³-hybridized carbons (Fsp3) is 0.500. The second-order valence-electron chi connectivity index (χ2n) is 1.32. The summed E-state index contributed by atoms with van der Waals surface area (Å²) in [5, 5.41) is 3.66. The number of hydrogen-bond donors (Lipinski definition) is 0. The van der Waals surface area contributed by atoms with E-state index in [2.05, 4.69) is 16.6 Å². The second-order valence-corrected chi connectivity index (χ2v) is 1.32. The first-order valence-electron chi connectivity index (χ1n) is 2.57. The van der Waals surface area contributed by atoms with Crippen molar-refractivity contribution in [1.82, 2.24) is 0 Å². The molecular weight excluding hydrogens is 102 g/mol. The molecule has 0 aromatic rings. The van der Waals surface area contributed by atoms with Crippen LogP contribution in [0.2, 0.25) is 0 Å². The molecule has 0 saturated carbocycles. The highest BCUT2D eigenvalue weighted by Crippen LogP contribution is 1.85. The molecule has 0 saturated heterocycles. The van der Waals surface area contributed by atoms with Crippen molar-refractivity contribution in [1.29, 1.82) is 0 Å². The van der Waals surface area contributed by atoms with Crippen LogP contribution in [0, 0.1) is 0 Å². The van der Waals surface area contributed by atoms with Crippen LogP contribution in [0.5, 0.6) is 0 Å². The van der Waals surface area contributed by atoms with Gasteiger partial charge >= 0.3 is 0 Å². The predicted octanol–water partition coefficient (Wildman–Crippen LogP) is 1.58. The lowest BCUT2D eigenvalue weighted by Crippen LogP contribution is -1.88.